The first-order valence-electron chi connectivity index (χ1n) is 9.46. The quantitative estimate of drug-likeness (QED) is 0.628. The number of ether oxygens (including phenoxy) is 1. The molecular formula is C21H20N4O5S. The summed E-state index contributed by atoms with van der Waals surface area (Å²) in [5.41, 5.74) is 2.28. The number of fused-ring (bicyclic) bond motifs is 1. The maximum Gasteiger partial charge on any atom is 0.344 e. The Bertz CT molecular complexity index is 1100. The van der Waals surface area contributed by atoms with E-state index in [1.54, 1.807) is 50.2 Å². The number of hydrazine groups is 1. The van der Waals surface area contributed by atoms with E-state index in [9.17, 15) is 19.2 Å². The van der Waals surface area contributed by atoms with E-state index in [-0.39, 0.29) is 16.7 Å². The van der Waals surface area contributed by atoms with Crippen LogP contribution in [0.3, 0.4) is 0 Å². The molecule has 0 unspecified atom stereocenters. The summed E-state index contributed by atoms with van der Waals surface area (Å²) in [6.45, 7) is 3.36. The van der Waals surface area contributed by atoms with Gasteiger partial charge in [-0.25, -0.2) is 4.79 Å². The molecule has 5 amide bonds. The second-order valence-corrected chi connectivity index (χ2v) is 8.71. The average molecular weight is 440 g/mol. The van der Waals surface area contributed by atoms with Crippen LogP contribution in [-0.2, 0) is 15.1 Å². The van der Waals surface area contributed by atoms with Gasteiger partial charge in [0.1, 0.15) is 11.3 Å². The highest BCUT2D eigenvalue weighted by Crippen LogP contribution is 2.36. The number of benzene rings is 2. The van der Waals surface area contributed by atoms with Crippen LogP contribution < -0.4 is 20.8 Å². The second-order valence-electron chi connectivity index (χ2n) is 7.33. The number of carbonyl (C=O) groups excluding carboxylic acids is 4. The van der Waals surface area contributed by atoms with Crippen molar-refractivity contribution in [1.82, 2.24) is 15.8 Å². The van der Waals surface area contributed by atoms with Crippen LogP contribution in [0, 0.1) is 0 Å². The summed E-state index contributed by atoms with van der Waals surface area (Å²) in [5, 5.41) is 5.81. The first kappa shape index (κ1) is 20.7. The van der Waals surface area contributed by atoms with Gasteiger partial charge in [-0.05, 0) is 49.7 Å². The van der Waals surface area contributed by atoms with Crippen LogP contribution in [0.4, 0.5) is 10.5 Å². The molecule has 3 N–H and O–H groups in total. The number of nitrogens with zero attached hydrogens (tertiary/aromatic N) is 1. The predicted molar refractivity (Wildman–Crippen MR) is 114 cm³/mol. The average Bonchev–Trinajstić information content (AvgIpc) is 2.98. The fourth-order valence-electron chi connectivity index (χ4n) is 3.38. The van der Waals surface area contributed by atoms with Gasteiger partial charge in [-0.1, -0.05) is 12.1 Å². The highest BCUT2D eigenvalue weighted by Gasteiger charge is 2.50. The Morgan fingerprint density at radius 1 is 1.16 bits per heavy atom. The van der Waals surface area contributed by atoms with Gasteiger partial charge >= 0.3 is 6.03 Å². The summed E-state index contributed by atoms with van der Waals surface area (Å²) < 4.78 is 5.12. The van der Waals surface area contributed by atoms with Gasteiger partial charge in [0, 0.05) is 10.5 Å². The molecule has 2 aromatic rings. The van der Waals surface area contributed by atoms with Crippen molar-refractivity contribution in [2.45, 2.75) is 29.5 Å². The molecule has 9 nitrogen and oxygen atoms in total. The molecule has 0 radical (unpaired) electrons. The number of hydrogen-bond donors (Lipinski definition) is 3. The highest BCUT2D eigenvalue weighted by molar-refractivity contribution is 8.00. The van der Waals surface area contributed by atoms with Gasteiger partial charge in [-0.15, -0.1) is 11.8 Å². The molecule has 0 aliphatic carbocycles. The zero-order valence-electron chi connectivity index (χ0n) is 17.0. The summed E-state index contributed by atoms with van der Waals surface area (Å²) in [4.78, 5) is 51.0. The summed E-state index contributed by atoms with van der Waals surface area (Å²) in [7, 11) is 1.53. The van der Waals surface area contributed by atoms with Gasteiger partial charge in [0.25, 0.3) is 11.8 Å². The molecule has 0 saturated carbocycles. The molecule has 2 aliphatic rings. The van der Waals surface area contributed by atoms with Crippen molar-refractivity contribution >= 4 is 41.2 Å². The fraction of sp³-hybridized carbons (Fsp3) is 0.238. The number of imide groups is 1. The van der Waals surface area contributed by atoms with E-state index in [0.717, 1.165) is 4.90 Å². The third-order valence-corrected chi connectivity index (χ3v) is 6.42. The van der Waals surface area contributed by atoms with Crippen LogP contribution in [0.2, 0.25) is 0 Å². The summed E-state index contributed by atoms with van der Waals surface area (Å²) in [6, 6.07) is 10.8. The molecule has 1 fully saturated rings. The second kappa shape index (κ2) is 7.62. The van der Waals surface area contributed by atoms with Crippen LogP contribution in [0.5, 0.6) is 5.75 Å². The Kier molecular flexibility index (Phi) is 5.10. The van der Waals surface area contributed by atoms with Crippen molar-refractivity contribution in [1.29, 1.82) is 0 Å². The van der Waals surface area contributed by atoms with Crippen molar-refractivity contribution in [2.24, 2.45) is 0 Å². The Balaban J connectivity index is 1.53. The van der Waals surface area contributed by atoms with E-state index >= 15 is 0 Å². The van der Waals surface area contributed by atoms with Crippen LogP contribution in [0.1, 0.15) is 29.8 Å². The van der Waals surface area contributed by atoms with Crippen LogP contribution in [0.15, 0.2) is 47.4 Å². The number of urea groups is 1. The summed E-state index contributed by atoms with van der Waals surface area (Å²) in [6.07, 6.45) is 0. The lowest BCUT2D eigenvalue weighted by Crippen LogP contribution is -2.47. The smallest absolute Gasteiger partial charge is 0.344 e. The Hall–Kier alpha value is -3.53. The zero-order chi connectivity index (χ0) is 22.3. The monoisotopic (exact) mass is 440 g/mol. The zero-order valence-corrected chi connectivity index (χ0v) is 17.8. The minimum absolute atomic E-state index is 0.153. The summed E-state index contributed by atoms with van der Waals surface area (Å²) >= 11 is 1.39. The molecule has 2 atom stereocenters. The summed E-state index contributed by atoms with van der Waals surface area (Å²) in [5.74, 6) is -0.810. The minimum atomic E-state index is -1.34. The van der Waals surface area contributed by atoms with E-state index in [1.165, 1.54) is 24.9 Å². The normalized spacial score (nSPS) is 22.5. The van der Waals surface area contributed by atoms with Crippen molar-refractivity contribution in [3.63, 3.8) is 0 Å². The molecule has 0 spiro atoms. The van der Waals surface area contributed by atoms with Gasteiger partial charge in [0.2, 0.25) is 5.91 Å². The number of amides is 5. The SMILES string of the molecule is COc1ccc([C@@]2(C)NC(=O)N(NC(=O)c3ccc4c(c3)NC(=O)[C@H](C)S4)C2=O)cc1. The third kappa shape index (κ3) is 3.59. The highest BCUT2D eigenvalue weighted by atomic mass is 32.2. The lowest BCUT2D eigenvalue weighted by atomic mass is 9.92. The molecule has 0 aromatic heterocycles. The number of hydrogen-bond acceptors (Lipinski definition) is 6. The maximum atomic E-state index is 13.0. The van der Waals surface area contributed by atoms with E-state index in [4.69, 9.17) is 4.74 Å². The number of methoxy groups -OCH3 is 1. The molecule has 1 saturated heterocycles. The number of anilines is 1. The van der Waals surface area contributed by atoms with E-state index in [1.807, 2.05) is 0 Å². The first-order chi connectivity index (χ1) is 14.7. The third-order valence-electron chi connectivity index (χ3n) is 5.24. The lowest BCUT2D eigenvalue weighted by Gasteiger charge is -2.23. The van der Waals surface area contributed by atoms with Crippen LogP contribution in [-0.4, -0.2) is 41.1 Å². The predicted octanol–water partition coefficient (Wildman–Crippen LogP) is 2.24. The molecular weight excluding hydrogens is 420 g/mol. The molecule has 160 valence electrons. The lowest BCUT2D eigenvalue weighted by molar-refractivity contribution is -0.132. The fourth-order valence-corrected chi connectivity index (χ4v) is 4.31. The van der Waals surface area contributed by atoms with Gasteiger partial charge < -0.3 is 15.4 Å². The maximum absolute atomic E-state index is 13.0. The van der Waals surface area contributed by atoms with E-state index in [0.29, 0.717) is 22.0 Å². The Morgan fingerprint density at radius 3 is 2.55 bits per heavy atom. The van der Waals surface area contributed by atoms with Crippen molar-refractivity contribution in [3.8, 4) is 5.75 Å². The van der Waals surface area contributed by atoms with Crippen LogP contribution in [0.25, 0.3) is 0 Å². The molecule has 2 aliphatic heterocycles. The molecule has 10 heteroatoms. The topological polar surface area (TPSA) is 117 Å². The number of thioether (sulfide) groups is 1. The van der Waals surface area contributed by atoms with Crippen molar-refractivity contribution in [2.75, 3.05) is 12.4 Å². The van der Waals surface area contributed by atoms with Gasteiger partial charge in [-0.3, -0.25) is 19.8 Å². The van der Waals surface area contributed by atoms with Gasteiger partial charge in [-0.2, -0.15) is 5.01 Å². The Morgan fingerprint density at radius 2 is 1.87 bits per heavy atom. The standard InChI is InChI=1S/C21H20N4O5S/c1-11-17(26)22-15-10-12(4-9-16(15)31-11)18(27)24-25-19(28)21(2,23-20(25)29)13-5-7-14(30-3)8-6-13/h4-11H,1-3H3,(H,22,26)(H,23,29)(H,24,27)/t11-,21+/m0/s1. The number of nitrogens with one attached hydrogen (secondary N) is 3. The molecule has 4 rings (SSSR count). The minimum Gasteiger partial charge on any atom is -0.497 e. The van der Waals surface area contributed by atoms with E-state index in [2.05, 4.69) is 16.1 Å². The molecule has 0 bridgehead atoms. The van der Waals surface area contributed by atoms with Gasteiger partial charge in [0.15, 0.2) is 0 Å². The van der Waals surface area contributed by atoms with Gasteiger partial charge in [0.05, 0.1) is 18.0 Å². The molecule has 2 aromatic carbocycles. The van der Waals surface area contributed by atoms with Crippen LogP contribution >= 0.6 is 11.8 Å². The van der Waals surface area contributed by atoms with E-state index < -0.39 is 23.4 Å². The first-order valence-corrected chi connectivity index (χ1v) is 10.3. The molecule has 31 heavy (non-hydrogen) atoms. The van der Waals surface area contributed by atoms with Crippen molar-refractivity contribution in [3.05, 3.63) is 53.6 Å². The Labute approximate surface area is 182 Å². The van der Waals surface area contributed by atoms with Crippen molar-refractivity contribution < 1.29 is 23.9 Å². The molecule has 2 heterocycles. The number of rotatable bonds is 4. The number of carbonyl (C=O) groups is 4. The largest absolute Gasteiger partial charge is 0.497 e.